The zero-order chi connectivity index (χ0) is 19.2. The van der Waals surface area contributed by atoms with Crippen molar-refractivity contribution in [2.75, 3.05) is 6.54 Å². The van der Waals surface area contributed by atoms with Crippen molar-refractivity contribution in [3.05, 3.63) is 59.9 Å². The summed E-state index contributed by atoms with van der Waals surface area (Å²) in [6.45, 7) is 6.86. The van der Waals surface area contributed by atoms with Gasteiger partial charge < -0.3 is 15.0 Å². The number of urea groups is 1. The lowest BCUT2D eigenvalue weighted by atomic mass is 10.0. The summed E-state index contributed by atoms with van der Waals surface area (Å²) in [7, 11) is 0. The molecule has 1 aromatic carbocycles. The second-order valence-electron chi connectivity index (χ2n) is 7.22. The van der Waals surface area contributed by atoms with Gasteiger partial charge >= 0.3 is 6.03 Å². The fourth-order valence-corrected chi connectivity index (χ4v) is 3.65. The summed E-state index contributed by atoms with van der Waals surface area (Å²) in [5.41, 5.74) is 1.98. The van der Waals surface area contributed by atoms with E-state index in [-0.39, 0.29) is 24.2 Å². The quantitative estimate of drug-likeness (QED) is 0.793. The molecule has 0 spiro atoms. The highest BCUT2D eigenvalue weighted by Crippen LogP contribution is 2.32. The van der Waals surface area contributed by atoms with Crippen molar-refractivity contribution in [2.45, 2.75) is 58.2 Å². The molecule has 5 heteroatoms. The Morgan fingerprint density at radius 1 is 1.26 bits per heavy atom. The molecule has 27 heavy (non-hydrogen) atoms. The van der Waals surface area contributed by atoms with Gasteiger partial charge in [0.25, 0.3) is 0 Å². The maximum atomic E-state index is 13.1. The summed E-state index contributed by atoms with van der Waals surface area (Å²) < 4.78 is 5.95. The van der Waals surface area contributed by atoms with E-state index in [9.17, 15) is 4.79 Å². The summed E-state index contributed by atoms with van der Waals surface area (Å²) in [5.74, 6) is 0.836. The summed E-state index contributed by atoms with van der Waals surface area (Å²) in [5, 5.41) is 3.22. The molecule has 1 aliphatic heterocycles. The summed E-state index contributed by atoms with van der Waals surface area (Å²) >= 11 is 0. The minimum absolute atomic E-state index is 0.0330. The number of carbonyl (C=O) groups excluding carboxylic acids is 1. The molecular formula is C22H29N3O2. The summed E-state index contributed by atoms with van der Waals surface area (Å²) in [6, 6.07) is 13.8. The number of likely N-dealkylation sites (tertiary alicyclic amines) is 1. The van der Waals surface area contributed by atoms with E-state index in [2.05, 4.69) is 17.2 Å². The molecule has 0 saturated carbocycles. The van der Waals surface area contributed by atoms with Gasteiger partial charge in [-0.25, -0.2) is 4.79 Å². The number of amides is 2. The zero-order valence-electron chi connectivity index (χ0n) is 16.4. The molecule has 0 bridgehead atoms. The maximum Gasteiger partial charge on any atom is 0.318 e. The lowest BCUT2D eigenvalue weighted by molar-refractivity contribution is 0.186. The summed E-state index contributed by atoms with van der Waals surface area (Å²) in [6.07, 6.45) is 4.63. The van der Waals surface area contributed by atoms with Crippen molar-refractivity contribution >= 4 is 6.03 Å². The van der Waals surface area contributed by atoms with Crippen LogP contribution in [0.2, 0.25) is 0 Å². The first-order valence-electron chi connectivity index (χ1n) is 9.83. The number of pyridine rings is 1. The fraction of sp³-hybridized carbons (Fsp3) is 0.455. The molecule has 3 rings (SSSR count). The minimum Gasteiger partial charge on any atom is -0.491 e. The first-order valence-corrected chi connectivity index (χ1v) is 9.83. The van der Waals surface area contributed by atoms with Gasteiger partial charge in [0.15, 0.2) is 0 Å². The van der Waals surface area contributed by atoms with Crippen molar-refractivity contribution in [2.24, 2.45) is 0 Å². The monoisotopic (exact) mass is 367 g/mol. The van der Waals surface area contributed by atoms with Crippen molar-refractivity contribution in [3.8, 4) is 5.75 Å². The van der Waals surface area contributed by atoms with Crippen LogP contribution in [0.5, 0.6) is 5.75 Å². The fourth-order valence-electron chi connectivity index (χ4n) is 3.65. The normalized spacial score (nSPS) is 17.8. The second-order valence-corrected chi connectivity index (χ2v) is 7.22. The van der Waals surface area contributed by atoms with Gasteiger partial charge in [0.1, 0.15) is 5.75 Å². The predicted molar refractivity (Wildman–Crippen MR) is 107 cm³/mol. The van der Waals surface area contributed by atoms with E-state index in [0.29, 0.717) is 0 Å². The number of rotatable bonds is 6. The third kappa shape index (κ3) is 4.59. The zero-order valence-corrected chi connectivity index (χ0v) is 16.4. The second kappa shape index (κ2) is 8.89. The third-order valence-electron chi connectivity index (χ3n) is 4.91. The van der Waals surface area contributed by atoms with Gasteiger partial charge in [-0.05, 0) is 51.3 Å². The van der Waals surface area contributed by atoms with Crippen LogP contribution in [0.25, 0.3) is 0 Å². The van der Waals surface area contributed by atoms with E-state index in [1.54, 1.807) is 6.20 Å². The Morgan fingerprint density at radius 2 is 2.04 bits per heavy atom. The van der Waals surface area contributed by atoms with Crippen molar-refractivity contribution in [3.63, 3.8) is 0 Å². The third-order valence-corrected chi connectivity index (χ3v) is 4.91. The SMILES string of the molecule is CC[C@@H](NC(=O)N1CCC[C@@H]1c1ccccn1)c1ccccc1OC(C)C. The van der Waals surface area contributed by atoms with E-state index in [4.69, 9.17) is 4.74 Å². The van der Waals surface area contributed by atoms with Crippen molar-refractivity contribution in [1.82, 2.24) is 15.2 Å². The molecule has 0 radical (unpaired) electrons. The molecule has 5 nitrogen and oxygen atoms in total. The van der Waals surface area contributed by atoms with Crippen LogP contribution in [0.1, 0.15) is 63.4 Å². The lowest BCUT2D eigenvalue weighted by Crippen LogP contribution is -2.41. The Balaban J connectivity index is 1.76. The van der Waals surface area contributed by atoms with Crippen LogP contribution in [0.15, 0.2) is 48.7 Å². The molecule has 0 aliphatic carbocycles. The molecule has 1 saturated heterocycles. The Hall–Kier alpha value is -2.56. The Morgan fingerprint density at radius 3 is 2.74 bits per heavy atom. The first-order chi connectivity index (χ1) is 13.1. The molecule has 1 N–H and O–H groups in total. The molecular weight excluding hydrogens is 338 g/mol. The standard InChI is InChI=1S/C22H29N3O2/c1-4-18(17-10-5-6-13-21(17)27-16(2)3)24-22(26)25-15-9-12-20(25)19-11-7-8-14-23-19/h5-8,10-11,13-14,16,18,20H,4,9,12,15H2,1-3H3,(H,24,26)/t18-,20-/m1/s1. The molecule has 2 heterocycles. The average molecular weight is 367 g/mol. The van der Waals surface area contributed by atoms with Crippen LogP contribution in [0.4, 0.5) is 4.79 Å². The summed E-state index contributed by atoms with van der Waals surface area (Å²) in [4.78, 5) is 19.4. The number of hydrogen-bond donors (Lipinski definition) is 1. The largest absolute Gasteiger partial charge is 0.491 e. The number of nitrogens with zero attached hydrogens (tertiary/aromatic N) is 2. The number of para-hydroxylation sites is 1. The van der Waals surface area contributed by atoms with Crippen molar-refractivity contribution in [1.29, 1.82) is 0 Å². The van der Waals surface area contributed by atoms with Gasteiger partial charge in [-0.2, -0.15) is 0 Å². The van der Waals surface area contributed by atoms with Crippen LogP contribution >= 0.6 is 0 Å². The lowest BCUT2D eigenvalue weighted by Gasteiger charge is -2.28. The van der Waals surface area contributed by atoms with Gasteiger partial charge in [0, 0.05) is 18.3 Å². The number of carbonyl (C=O) groups is 1. The van der Waals surface area contributed by atoms with Gasteiger partial charge in [0.05, 0.1) is 23.9 Å². The van der Waals surface area contributed by atoms with E-state index < -0.39 is 0 Å². The number of ether oxygens (including phenoxy) is 1. The molecule has 1 fully saturated rings. The van der Waals surface area contributed by atoms with Gasteiger partial charge in [-0.15, -0.1) is 0 Å². The molecule has 2 amide bonds. The highest BCUT2D eigenvalue weighted by Gasteiger charge is 2.32. The van der Waals surface area contributed by atoms with Crippen LogP contribution in [0.3, 0.4) is 0 Å². The van der Waals surface area contributed by atoms with E-state index in [0.717, 1.165) is 42.8 Å². The number of aromatic nitrogens is 1. The highest BCUT2D eigenvalue weighted by molar-refractivity contribution is 5.75. The molecule has 2 aromatic rings. The first kappa shape index (κ1) is 19.2. The van der Waals surface area contributed by atoms with Crippen LogP contribution in [-0.2, 0) is 0 Å². The van der Waals surface area contributed by atoms with E-state index >= 15 is 0 Å². The van der Waals surface area contributed by atoms with Gasteiger partial charge in [-0.1, -0.05) is 31.2 Å². The number of benzene rings is 1. The van der Waals surface area contributed by atoms with Crippen molar-refractivity contribution < 1.29 is 9.53 Å². The minimum atomic E-state index is -0.0857. The predicted octanol–water partition coefficient (Wildman–Crippen LogP) is 4.87. The molecule has 144 valence electrons. The average Bonchev–Trinajstić information content (AvgIpc) is 3.17. The van der Waals surface area contributed by atoms with E-state index in [1.165, 1.54) is 0 Å². The number of hydrogen-bond acceptors (Lipinski definition) is 3. The van der Waals surface area contributed by atoms with Gasteiger partial charge in [-0.3, -0.25) is 4.98 Å². The van der Waals surface area contributed by atoms with Crippen LogP contribution in [-0.4, -0.2) is 28.6 Å². The highest BCUT2D eigenvalue weighted by atomic mass is 16.5. The molecule has 2 atom stereocenters. The van der Waals surface area contributed by atoms with Crippen LogP contribution < -0.4 is 10.1 Å². The Labute approximate surface area is 161 Å². The topological polar surface area (TPSA) is 54.5 Å². The molecule has 1 aliphatic rings. The molecule has 0 unspecified atom stereocenters. The molecule has 1 aromatic heterocycles. The number of nitrogens with one attached hydrogen (secondary N) is 1. The van der Waals surface area contributed by atoms with E-state index in [1.807, 2.05) is 61.2 Å². The Bertz CT molecular complexity index is 748. The van der Waals surface area contributed by atoms with Crippen LogP contribution in [0, 0.1) is 0 Å². The van der Waals surface area contributed by atoms with Gasteiger partial charge in [0.2, 0.25) is 0 Å². The Kier molecular flexibility index (Phi) is 6.32. The maximum absolute atomic E-state index is 13.1. The smallest absolute Gasteiger partial charge is 0.318 e.